The molecule has 0 aliphatic carbocycles. The van der Waals surface area contributed by atoms with Crippen molar-refractivity contribution in [2.24, 2.45) is 5.92 Å². The minimum Gasteiger partial charge on any atom is -0.478 e. The molecule has 33 nitrogen and oxygen atoms in total. The Bertz CT molecular complexity index is 7360. The van der Waals surface area contributed by atoms with Gasteiger partial charge >= 0.3 is 5.97 Å². The molecular formula is C112H110N24O9. The average Bonchev–Trinajstić information content (AvgIpc) is 0.778. The van der Waals surface area contributed by atoms with E-state index in [2.05, 4.69) is 101 Å². The van der Waals surface area contributed by atoms with E-state index in [-0.39, 0.29) is 54.2 Å². The Morgan fingerprint density at radius 3 is 1.28 bits per heavy atom. The summed E-state index contributed by atoms with van der Waals surface area (Å²) in [5.74, 6) is 4.63. The number of aromatic carboxylic acids is 1. The third-order valence-corrected chi connectivity index (χ3v) is 24.4. The molecule has 0 saturated carbocycles. The van der Waals surface area contributed by atoms with E-state index in [1.165, 1.54) is 12.1 Å². The number of anilines is 14. The Morgan fingerprint density at radius 2 is 0.800 bits per heavy atom. The van der Waals surface area contributed by atoms with Crippen molar-refractivity contribution >= 4 is 175 Å². The van der Waals surface area contributed by atoms with Crippen molar-refractivity contribution in [1.29, 1.82) is 0 Å². The fourth-order valence-corrected chi connectivity index (χ4v) is 17.0. The standard InChI is InChI=1S/C25H25N5O.C23H24N4O2.C22H23N5O2.C22H21N5O.C20H17N5O3/c1-16(31)18-7-8-20-21-15-27-23(13-17-9-11-26-12-10-17)30-24(21)25(29-22(20)14-18)28-19-5-3-2-4-6-19;1-15(29)16-8-9-18-20-14-25-22(24-10-5-11-28)13-19(20)23(27-21(18)12-16)26-17-6-3-2-4-7-17;1-14(28)15-8-9-17-18-13-24-22(23-10-11-29-2)27-20(18)21(26-19(17)12-15)25-16-6-4-3-5-7-16;1-3-11-23-22-24-13-18-17-10-9-15(14(2)28)12-19(17)26-21(20(18)27-22)25-16-7-5-4-6-8-16;26-9-8-21-20-22-11-15-14-7-6-12(19(27)28)10-16(14)24-18(17(15)25-20)23-13-4-2-1-3-5-13/h2-8,14-15,17,26H,9-13H2,1H3,(H,28,29);2-4,6-9,12-14,23,26-28H,5,10-11H2,1H3,(H,24,25);3-9,12-13,21,25-26H,10-11H2,1-2H3,(H,23,24,27);4-10,12-13H,3,11H2,1-2H3,(H,25,26)(H,23,24,27);1-7,10-11,26H,8-9H2,(H,23,24)(H,27,28)(H,21,22,25). The van der Waals surface area contributed by atoms with Crippen molar-refractivity contribution in [3.8, 4) is 22.3 Å². The molecule has 0 radical (unpaired) electrons. The Kier molecular flexibility index (Phi) is 32.2. The molecule has 2 unspecified atom stereocenters. The molecule has 1 saturated heterocycles. The molecule has 10 aromatic carbocycles. The third-order valence-electron chi connectivity index (χ3n) is 24.4. The number of carboxylic acids is 1. The maximum Gasteiger partial charge on any atom is 0.335 e. The number of methoxy groups -OCH3 is 1. The first kappa shape index (κ1) is 99.1. The Hall–Kier alpha value is -17.5. The number of ether oxygens (including phenoxy) is 1. The molecule has 33 heteroatoms. The number of hydrogen-bond donors (Lipinski definition) is 15. The smallest absolute Gasteiger partial charge is 0.335 e. The second-order valence-corrected chi connectivity index (χ2v) is 34.8. The predicted octanol–water partition coefficient (Wildman–Crippen LogP) is 20.9. The first-order chi connectivity index (χ1) is 70.8. The highest BCUT2D eigenvalue weighted by Gasteiger charge is 2.30. The number of ketones is 4. The van der Waals surface area contributed by atoms with Crippen molar-refractivity contribution in [3.63, 3.8) is 0 Å². The number of fused-ring (bicyclic) bond motifs is 15. The summed E-state index contributed by atoms with van der Waals surface area (Å²) in [5, 5.41) is 72.6. The number of rotatable bonds is 31. The molecule has 0 bridgehead atoms. The number of hydrogen-bond acceptors (Lipinski definition) is 32. The number of aromatic nitrogens is 12. The second kappa shape index (κ2) is 47.2. The molecule has 8 aromatic heterocycles. The van der Waals surface area contributed by atoms with Gasteiger partial charge < -0.3 is 83.9 Å². The van der Waals surface area contributed by atoms with Crippen LogP contribution in [0.3, 0.4) is 0 Å². The lowest BCUT2D eigenvalue weighted by Crippen LogP contribution is -2.29. The van der Waals surface area contributed by atoms with Crippen LogP contribution in [0.4, 0.5) is 80.9 Å². The molecule has 3 aliphatic heterocycles. The summed E-state index contributed by atoms with van der Waals surface area (Å²) in [6, 6.07) is 78.6. The van der Waals surface area contributed by atoms with Gasteiger partial charge in [-0.05, 0) is 176 Å². The molecule has 18 aromatic rings. The Balaban J connectivity index is 0.000000124. The minimum atomic E-state index is -1.01. The van der Waals surface area contributed by atoms with Crippen LogP contribution < -0.4 is 63.8 Å². The highest BCUT2D eigenvalue weighted by Crippen LogP contribution is 2.45. The van der Waals surface area contributed by atoms with E-state index < -0.39 is 5.97 Å². The summed E-state index contributed by atoms with van der Waals surface area (Å²) in [5.41, 5.74) is 19.2. The maximum atomic E-state index is 11.9. The lowest BCUT2D eigenvalue weighted by atomic mass is 9.92. The molecule has 11 heterocycles. The summed E-state index contributed by atoms with van der Waals surface area (Å²) in [7, 11) is 1.66. The number of nitrogens with one attached hydrogen (secondary N) is 12. The van der Waals surface area contributed by atoms with Gasteiger partial charge in [-0.2, -0.15) is 0 Å². The summed E-state index contributed by atoms with van der Waals surface area (Å²) < 4.78 is 5.08. The SMILES string of the molecule is CC(=O)c1ccc2c(c1)NC(Nc1ccccc1)c1cc(NCCCO)ncc1-2.CC(=O)c1ccc2c(c1)nc(Nc1ccccc1)c1nc(CC3CCNCC3)ncc12.CCCNc1ncc2c(n1)c(Nc1ccccc1)nc1cc(C(C)=O)ccc12.COCCNc1ncc2c(n1)C(Nc1ccccc1)Nc1cc(C(C)=O)ccc1-2.O=C(O)c1ccc2c(c1)nc(Nc1ccccc1)c1nc(NCCO)ncc12. The Morgan fingerprint density at radius 1 is 0.386 bits per heavy atom. The van der Waals surface area contributed by atoms with Gasteiger partial charge in [-0.25, -0.2) is 64.6 Å². The van der Waals surface area contributed by atoms with Crippen LogP contribution in [0.25, 0.3) is 87.7 Å². The van der Waals surface area contributed by atoms with E-state index in [1.807, 2.05) is 255 Å². The van der Waals surface area contributed by atoms with Crippen LogP contribution in [-0.4, -0.2) is 170 Å². The number of nitrogens with zero attached hydrogens (tertiary/aromatic N) is 12. The lowest BCUT2D eigenvalue weighted by Gasteiger charge is -2.31. The first-order valence-electron chi connectivity index (χ1n) is 48.0. The van der Waals surface area contributed by atoms with E-state index in [9.17, 15) is 29.1 Å². The number of para-hydroxylation sites is 5. The third kappa shape index (κ3) is 24.6. The minimum absolute atomic E-state index is 0.0109. The van der Waals surface area contributed by atoms with Crippen LogP contribution in [0.2, 0.25) is 0 Å². The lowest BCUT2D eigenvalue weighted by molar-refractivity contribution is 0.0695. The number of Topliss-reactive ketones (excluding diaryl/α,β-unsaturated/α-hetero) is 4. The number of carboxylic acid groups (broad SMARTS) is 1. The molecule has 145 heavy (non-hydrogen) atoms. The van der Waals surface area contributed by atoms with E-state index in [0.717, 1.165) is 185 Å². The van der Waals surface area contributed by atoms with Crippen molar-refractivity contribution in [1.82, 2.24) is 65.1 Å². The van der Waals surface area contributed by atoms with Gasteiger partial charge in [-0.15, -0.1) is 0 Å². The maximum absolute atomic E-state index is 11.9. The van der Waals surface area contributed by atoms with Crippen molar-refractivity contribution in [2.45, 2.75) is 79.1 Å². The van der Waals surface area contributed by atoms with Gasteiger partial charge in [0.05, 0.1) is 41.0 Å². The highest BCUT2D eigenvalue weighted by atomic mass is 16.5. The number of aliphatic hydroxyl groups excluding tert-OH is 2. The zero-order chi connectivity index (χ0) is 101. The van der Waals surface area contributed by atoms with Crippen LogP contribution in [0.15, 0.2) is 280 Å². The molecule has 21 rings (SSSR count). The number of carbonyl (C=O) groups excluding carboxylic acids is 4. The molecule has 15 N–H and O–H groups in total. The van der Waals surface area contributed by atoms with Crippen LogP contribution >= 0.6 is 0 Å². The predicted molar refractivity (Wildman–Crippen MR) is 575 cm³/mol. The van der Waals surface area contributed by atoms with E-state index >= 15 is 0 Å². The zero-order valence-electron chi connectivity index (χ0n) is 80.8. The number of piperidine rings is 1. The monoisotopic (exact) mass is 1930 g/mol. The molecule has 0 spiro atoms. The van der Waals surface area contributed by atoms with Gasteiger partial charge in [0.15, 0.2) is 40.6 Å². The van der Waals surface area contributed by atoms with Crippen molar-refractivity contribution in [2.75, 3.05) is 125 Å². The quantitative estimate of drug-likeness (QED) is 0.0109. The molecule has 2 atom stereocenters. The fourth-order valence-electron chi connectivity index (χ4n) is 17.0. The number of carbonyl (C=O) groups is 5. The number of pyridine rings is 4. The van der Waals surface area contributed by atoms with E-state index in [4.69, 9.17) is 44.9 Å². The number of aliphatic hydroxyl groups is 2. The highest BCUT2D eigenvalue weighted by molar-refractivity contribution is 6.13. The van der Waals surface area contributed by atoms with Gasteiger partial charge in [-0.1, -0.05) is 153 Å². The van der Waals surface area contributed by atoms with Gasteiger partial charge in [0.1, 0.15) is 40.5 Å². The number of benzene rings is 10. The van der Waals surface area contributed by atoms with Gasteiger partial charge in [-0.3, -0.25) is 19.2 Å². The second-order valence-electron chi connectivity index (χ2n) is 34.8. The van der Waals surface area contributed by atoms with Crippen LogP contribution in [-0.2, 0) is 11.2 Å². The van der Waals surface area contributed by atoms with Crippen LogP contribution in [0.5, 0.6) is 0 Å². The van der Waals surface area contributed by atoms with Gasteiger partial charge in [0.2, 0.25) is 17.8 Å². The first-order valence-corrected chi connectivity index (χ1v) is 48.0. The topological polar surface area (TPSA) is 454 Å². The average molecular weight is 1940 g/mol. The largest absolute Gasteiger partial charge is 0.478 e. The fraction of sp³-hybridized carbons (Fsp3) is 0.205. The molecule has 0 amide bonds. The van der Waals surface area contributed by atoms with Crippen LogP contribution in [0, 0.1) is 5.92 Å². The molecule has 1 fully saturated rings. The van der Waals surface area contributed by atoms with Gasteiger partial charge in [0, 0.05) is 200 Å². The van der Waals surface area contributed by atoms with Crippen molar-refractivity contribution < 1.29 is 44.0 Å². The van der Waals surface area contributed by atoms with Gasteiger partial charge in [0.25, 0.3) is 0 Å². The van der Waals surface area contributed by atoms with Crippen LogP contribution in [0.1, 0.15) is 142 Å². The Labute approximate surface area is 836 Å². The summed E-state index contributed by atoms with van der Waals surface area (Å²) in [4.78, 5) is 114. The van der Waals surface area contributed by atoms with E-state index in [0.29, 0.717) is 107 Å². The normalized spacial score (nSPS) is 13.1. The zero-order valence-corrected chi connectivity index (χ0v) is 80.8. The van der Waals surface area contributed by atoms with Crippen molar-refractivity contribution in [3.05, 3.63) is 325 Å². The summed E-state index contributed by atoms with van der Waals surface area (Å²) in [6.07, 6.45) is 13.5. The molecule has 732 valence electrons. The van der Waals surface area contributed by atoms with E-state index in [1.54, 1.807) is 47.1 Å². The molecule has 3 aliphatic rings. The molecular weight excluding hydrogens is 1830 g/mol. The summed E-state index contributed by atoms with van der Waals surface area (Å²) >= 11 is 0. The summed E-state index contributed by atoms with van der Waals surface area (Å²) in [6.45, 7) is 13.6.